The molecule has 0 spiro atoms. The van der Waals surface area contributed by atoms with E-state index < -0.39 is 0 Å². The smallest absolute Gasteiger partial charge is 0.141 e. The topological polar surface area (TPSA) is 47.6 Å². The van der Waals surface area contributed by atoms with Crippen molar-refractivity contribution in [1.82, 2.24) is 0 Å². The molecule has 0 saturated heterocycles. The number of rotatable bonds is 0. The lowest BCUT2D eigenvalue weighted by Gasteiger charge is -1.98. The molecule has 3 nitrogen and oxygen atoms in total. The molecule has 0 atom stereocenters. The van der Waals surface area contributed by atoms with E-state index >= 15 is 0 Å². The van der Waals surface area contributed by atoms with Crippen LogP contribution in [0.5, 0.6) is 5.75 Å². The Morgan fingerprint density at radius 2 is 2.55 bits per heavy atom. The first-order valence-electron chi connectivity index (χ1n) is 3.38. The molecule has 0 bridgehead atoms. The van der Waals surface area contributed by atoms with Gasteiger partial charge in [-0.3, -0.25) is 4.99 Å². The SMILES string of the molecule is NC1=NCCOc2ccsc21. The zero-order valence-corrected chi connectivity index (χ0v) is 6.73. The molecule has 0 amide bonds. The maximum atomic E-state index is 5.67. The van der Waals surface area contributed by atoms with Gasteiger partial charge in [-0.15, -0.1) is 11.3 Å². The molecule has 2 rings (SSSR count). The van der Waals surface area contributed by atoms with E-state index in [1.807, 2.05) is 11.4 Å². The maximum absolute atomic E-state index is 5.67. The van der Waals surface area contributed by atoms with E-state index in [2.05, 4.69) is 4.99 Å². The summed E-state index contributed by atoms with van der Waals surface area (Å²) < 4.78 is 5.37. The summed E-state index contributed by atoms with van der Waals surface area (Å²) in [5.41, 5.74) is 5.67. The monoisotopic (exact) mass is 168 g/mol. The minimum atomic E-state index is 0.604. The summed E-state index contributed by atoms with van der Waals surface area (Å²) in [6, 6.07) is 1.92. The van der Waals surface area contributed by atoms with Gasteiger partial charge in [0.15, 0.2) is 0 Å². The van der Waals surface area contributed by atoms with Gasteiger partial charge in [-0.05, 0) is 11.4 Å². The molecule has 1 aliphatic heterocycles. The van der Waals surface area contributed by atoms with Crippen molar-refractivity contribution >= 4 is 17.2 Å². The second-order valence-electron chi connectivity index (χ2n) is 2.23. The number of aliphatic imine (C=N–C) groups is 1. The van der Waals surface area contributed by atoms with Crippen LogP contribution >= 0.6 is 11.3 Å². The van der Waals surface area contributed by atoms with Gasteiger partial charge >= 0.3 is 0 Å². The minimum absolute atomic E-state index is 0.604. The Morgan fingerprint density at radius 1 is 1.64 bits per heavy atom. The number of thiophene rings is 1. The van der Waals surface area contributed by atoms with Gasteiger partial charge in [-0.25, -0.2) is 0 Å². The molecule has 2 heterocycles. The van der Waals surface area contributed by atoms with Gasteiger partial charge in [0, 0.05) is 0 Å². The van der Waals surface area contributed by atoms with E-state index in [9.17, 15) is 0 Å². The molecule has 0 radical (unpaired) electrons. The average Bonchev–Trinajstić information content (AvgIpc) is 2.40. The van der Waals surface area contributed by atoms with E-state index in [1.165, 1.54) is 0 Å². The lowest BCUT2D eigenvalue weighted by Crippen LogP contribution is -2.11. The molecule has 58 valence electrons. The summed E-state index contributed by atoms with van der Waals surface area (Å²) in [5, 5.41) is 1.96. The number of hydrogen-bond acceptors (Lipinski definition) is 4. The standard InChI is InChI=1S/C7H8N2OS/c8-7-6-5(1-4-11-6)10-3-2-9-7/h1,4H,2-3H2,(H2,8,9). The van der Waals surface area contributed by atoms with Gasteiger partial charge < -0.3 is 10.5 Å². The van der Waals surface area contributed by atoms with E-state index in [0.29, 0.717) is 19.0 Å². The predicted octanol–water partition coefficient (Wildman–Crippen LogP) is 0.846. The lowest BCUT2D eigenvalue weighted by atomic mass is 10.4. The second-order valence-corrected chi connectivity index (χ2v) is 3.15. The Labute approximate surface area is 68.5 Å². The third-order valence-corrected chi connectivity index (χ3v) is 2.41. The van der Waals surface area contributed by atoms with Crippen LogP contribution in [0, 0.1) is 0 Å². The highest BCUT2D eigenvalue weighted by Crippen LogP contribution is 2.25. The lowest BCUT2D eigenvalue weighted by molar-refractivity contribution is 0.332. The molecule has 0 aromatic carbocycles. The van der Waals surface area contributed by atoms with Crippen LogP contribution in [0.15, 0.2) is 16.4 Å². The van der Waals surface area contributed by atoms with Gasteiger partial charge in [-0.2, -0.15) is 0 Å². The van der Waals surface area contributed by atoms with E-state index in [1.54, 1.807) is 11.3 Å². The highest BCUT2D eigenvalue weighted by atomic mass is 32.1. The Balaban J connectivity index is 2.48. The molecule has 1 aromatic heterocycles. The molecule has 1 aliphatic rings. The Morgan fingerprint density at radius 3 is 3.45 bits per heavy atom. The number of amidine groups is 1. The van der Waals surface area contributed by atoms with Crippen LogP contribution in [0.2, 0.25) is 0 Å². The van der Waals surface area contributed by atoms with Crippen LogP contribution in [0.25, 0.3) is 0 Å². The van der Waals surface area contributed by atoms with Crippen molar-refractivity contribution in [3.05, 3.63) is 16.3 Å². The molecule has 0 saturated carbocycles. The van der Waals surface area contributed by atoms with Crippen molar-refractivity contribution in [2.24, 2.45) is 10.7 Å². The van der Waals surface area contributed by atoms with Gasteiger partial charge in [0.25, 0.3) is 0 Å². The number of fused-ring (bicyclic) bond motifs is 1. The molecular weight excluding hydrogens is 160 g/mol. The molecular formula is C7H8N2OS. The zero-order valence-electron chi connectivity index (χ0n) is 5.91. The van der Waals surface area contributed by atoms with E-state index in [0.717, 1.165) is 10.6 Å². The van der Waals surface area contributed by atoms with Crippen molar-refractivity contribution in [3.8, 4) is 5.75 Å². The van der Waals surface area contributed by atoms with Crippen LogP contribution in [0.1, 0.15) is 4.88 Å². The molecule has 0 fully saturated rings. The first-order chi connectivity index (χ1) is 5.38. The van der Waals surface area contributed by atoms with E-state index in [-0.39, 0.29) is 0 Å². The van der Waals surface area contributed by atoms with Gasteiger partial charge in [0.1, 0.15) is 23.1 Å². The predicted molar refractivity (Wildman–Crippen MR) is 45.4 cm³/mol. The first-order valence-corrected chi connectivity index (χ1v) is 4.26. The van der Waals surface area contributed by atoms with Crippen molar-refractivity contribution in [3.63, 3.8) is 0 Å². The molecule has 2 N–H and O–H groups in total. The molecule has 1 aromatic rings. The normalized spacial score (nSPS) is 16.2. The van der Waals surface area contributed by atoms with Crippen molar-refractivity contribution in [2.45, 2.75) is 0 Å². The number of nitrogens with zero attached hydrogens (tertiary/aromatic N) is 1. The average molecular weight is 168 g/mol. The molecule has 11 heavy (non-hydrogen) atoms. The first kappa shape index (κ1) is 6.67. The Bertz CT molecular complexity index is 292. The number of hydrogen-bond donors (Lipinski definition) is 1. The third kappa shape index (κ3) is 1.09. The molecule has 0 aliphatic carbocycles. The molecule has 0 unspecified atom stereocenters. The maximum Gasteiger partial charge on any atom is 0.141 e. The largest absolute Gasteiger partial charge is 0.490 e. The number of ether oxygens (including phenoxy) is 1. The van der Waals surface area contributed by atoms with Gasteiger partial charge in [-0.1, -0.05) is 0 Å². The summed E-state index contributed by atoms with van der Waals surface area (Å²) in [6.07, 6.45) is 0. The Kier molecular flexibility index (Phi) is 1.54. The van der Waals surface area contributed by atoms with Crippen LogP contribution < -0.4 is 10.5 Å². The molecule has 4 heteroatoms. The van der Waals surface area contributed by atoms with Crippen LogP contribution in [-0.4, -0.2) is 19.0 Å². The highest BCUT2D eigenvalue weighted by molar-refractivity contribution is 7.12. The fraction of sp³-hybridized carbons (Fsp3) is 0.286. The minimum Gasteiger partial charge on any atom is -0.490 e. The van der Waals surface area contributed by atoms with E-state index in [4.69, 9.17) is 10.5 Å². The number of nitrogens with two attached hydrogens (primary N) is 1. The Hall–Kier alpha value is -1.03. The summed E-state index contributed by atoms with van der Waals surface area (Å²) in [5.74, 6) is 1.47. The zero-order chi connectivity index (χ0) is 7.68. The van der Waals surface area contributed by atoms with Crippen LogP contribution in [0.3, 0.4) is 0 Å². The third-order valence-electron chi connectivity index (χ3n) is 1.49. The summed E-state index contributed by atoms with van der Waals surface area (Å²) in [4.78, 5) is 5.08. The summed E-state index contributed by atoms with van der Waals surface area (Å²) in [7, 11) is 0. The fourth-order valence-electron chi connectivity index (χ4n) is 0.991. The van der Waals surface area contributed by atoms with Gasteiger partial charge in [0.05, 0.1) is 6.54 Å². The summed E-state index contributed by atoms with van der Waals surface area (Å²) >= 11 is 1.57. The van der Waals surface area contributed by atoms with Crippen LogP contribution in [-0.2, 0) is 0 Å². The van der Waals surface area contributed by atoms with Gasteiger partial charge in [0.2, 0.25) is 0 Å². The summed E-state index contributed by atoms with van der Waals surface area (Å²) in [6.45, 7) is 1.29. The van der Waals surface area contributed by atoms with Crippen molar-refractivity contribution in [1.29, 1.82) is 0 Å². The van der Waals surface area contributed by atoms with Crippen molar-refractivity contribution in [2.75, 3.05) is 13.2 Å². The van der Waals surface area contributed by atoms with Crippen molar-refractivity contribution < 1.29 is 4.74 Å². The van der Waals surface area contributed by atoms with Crippen LogP contribution in [0.4, 0.5) is 0 Å². The quantitative estimate of drug-likeness (QED) is 0.624. The highest BCUT2D eigenvalue weighted by Gasteiger charge is 2.11. The fourth-order valence-corrected chi connectivity index (χ4v) is 1.75. The second kappa shape index (κ2) is 2.54.